The molecule has 1 heterocycles. The summed E-state index contributed by atoms with van der Waals surface area (Å²) in [6.45, 7) is 4.44. The predicted molar refractivity (Wildman–Crippen MR) is 71.3 cm³/mol. The molecule has 1 aliphatic heterocycles. The molecule has 1 fully saturated rings. The molecule has 1 aromatic carbocycles. The van der Waals surface area contributed by atoms with Gasteiger partial charge in [0, 0.05) is 18.8 Å². The summed E-state index contributed by atoms with van der Waals surface area (Å²) in [4.78, 5) is 2.45. The lowest BCUT2D eigenvalue weighted by atomic mass is 10.0. The predicted octanol–water partition coefficient (Wildman–Crippen LogP) is 1.98. The highest BCUT2D eigenvalue weighted by Gasteiger charge is 2.14. The second-order valence-electron chi connectivity index (χ2n) is 4.88. The van der Waals surface area contributed by atoms with Crippen LogP contribution < -0.4 is 10.6 Å². The average molecular weight is 234 g/mol. The zero-order valence-corrected chi connectivity index (χ0v) is 10.5. The first-order valence-corrected chi connectivity index (χ1v) is 6.44. The Morgan fingerprint density at radius 3 is 2.59 bits per heavy atom. The molecular formula is C14H22N2O. The summed E-state index contributed by atoms with van der Waals surface area (Å²) in [5, 5.41) is 9.06. The summed E-state index contributed by atoms with van der Waals surface area (Å²) in [6.07, 6.45) is 3.93. The van der Waals surface area contributed by atoms with Crippen LogP contribution in [0.15, 0.2) is 18.2 Å². The van der Waals surface area contributed by atoms with E-state index in [-0.39, 0.29) is 12.6 Å². The van der Waals surface area contributed by atoms with Crippen LogP contribution in [-0.2, 0) is 0 Å². The van der Waals surface area contributed by atoms with Gasteiger partial charge in [-0.15, -0.1) is 0 Å². The zero-order valence-electron chi connectivity index (χ0n) is 10.5. The average Bonchev–Trinajstić information content (AvgIpc) is 2.38. The van der Waals surface area contributed by atoms with Gasteiger partial charge in [-0.1, -0.05) is 12.1 Å². The number of hydrogen-bond acceptors (Lipinski definition) is 3. The number of benzene rings is 1. The molecule has 0 bridgehead atoms. The van der Waals surface area contributed by atoms with Gasteiger partial charge >= 0.3 is 0 Å². The van der Waals surface area contributed by atoms with Gasteiger partial charge in [-0.3, -0.25) is 0 Å². The van der Waals surface area contributed by atoms with E-state index in [2.05, 4.69) is 24.0 Å². The molecule has 0 spiro atoms. The van der Waals surface area contributed by atoms with E-state index >= 15 is 0 Å². The maximum atomic E-state index is 9.06. The van der Waals surface area contributed by atoms with Crippen molar-refractivity contribution in [2.45, 2.75) is 32.2 Å². The standard InChI is InChI=1S/C14H22N2O/c1-11-9-12(13(15)10-17)5-6-14(11)16-7-3-2-4-8-16/h5-6,9,13,17H,2-4,7-8,10,15H2,1H3/t13-/m0/s1. The first-order chi connectivity index (χ1) is 8.22. The van der Waals surface area contributed by atoms with Gasteiger partial charge in [0.2, 0.25) is 0 Å². The third-order valence-electron chi connectivity index (χ3n) is 3.54. The number of hydrogen-bond donors (Lipinski definition) is 2. The quantitative estimate of drug-likeness (QED) is 0.840. The smallest absolute Gasteiger partial charge is 0.0624 e. The first-order valence-electron chi connectivity index (χ1n) is 6.44. The first kappa shape index (κ1) is 12.4. The second kappa shape index (κ2) is 5.52. The number of aryl methyl sites for hydroxylation is 1. The van der Waals surface area contributed by atoms with Gasteiger partial charge in [0.05, 0.1) is 12.6 Å². The van der Waals surface area contributed by atoms with E-state index in [9.17, 15) is 0 Å². The normalized spacial score (nSPS) is 18.2. The summed E-state index contributed by atoms with van der Waals surface area (Å²) >= 11 is 0. The van der Waals surface area contributed by atoms with Gasteiger partial charge in [0.25, 0.3) is 0 Å². The molecule has 1 atom stereocenters. The van der Waals surface area contributed by atoms with Crippen LogP contribution in [-0.4, -0.2) is 24.8 Å². The fourth-order valence-electron chi connectivity index (χ4n) is 2.50. The minimum Gasteiger partial charge on any atom is -0.394 e. The van der Waals surface area contributed by atoms with Crippen molar-refractivity contribution in [3.8, 4) is 0 Å². The Kier molecular flexibility index (Phi) is 4.02. The van der Waals surface area contributed by atoms with Crippen LogP contribution in [0.2, 0.25) is 0 Å². The molecule has 0 amide bonds. The monoisotopic (exact) mass is 234 g/mol. The van der Waals surface area contributed by atoms with Crippen LogP contribution in [0.5, 0.6) is 0 Å². The van der Waals surface area contributed by atoms with E-state index in [4.69, 9.17) is 10.8 Å². The summed E-state index contributed by atoms with van der Waals surface area (Å²) in [6, 6.07) is 6.03. The van der Waals surface area contributed by atoms with Crippen molar-refractivity contribution >= 4 is 5.69 Å². The van der Waals surface area contributed by atoms with Crippen LogP contribution in [0.25, 0.3) is 0 Å². The maximum absolute atomic E-state index is 9.06. The minimum absolute atomic E-state index is 0.00248. The Labute approximate surface area is 103 Å². The summed E-state index contributed by atoms with van der Waals surface area (Å²) < 4.78 is 0. The summed E-state index contributed by atoms with van der Waals surface area (Å²) in [7, 11) is 0. The molecule has 3 nitrogen and oxygen atoms in total. The Hall–Kier alpha value is -1.06. The largest absolute Gasteiger partial charge is 0.394 e. The van der Waals surface area contributed by atoms with E-state index in [0.717, 1.165) is 18.7 Å². The molecule has 0 aromatic heterocycles. The molecule has 2 rings (SSSR count). The van der Waals surface area contributed by atoms with Crippen molar-refractivity contribution in [1.82, 2.24) is 0 Å². The second-order valence-corrected chi connectivity index (χ2v) is 4.88. The molecule has 0 unspecified atom stereocenters. The van der Waals surface area contributed by atoms with E-state index in [0.29, 0.717) is 0 Å². The van der Waals surface area contributed by atoms with Crippen LogP contribution >= 0.6 is 0 Å². The summed E-state index contributed by atoms with van der Waals surface area (Å²) in [5.74, 6) is 0. The fourth-order valence-corrected chi connectivity index (χ4v) is 2.50. The van der Waals surface area contributed by atoms with Crippen LogP contribution in [0.3, 0.4) is 0 Å². The molecular weight excluding hydrogens is 212 g/mol. The molecule has 17 heavy (non-hydrogen) atoms. The molecule has 0 saturated carbocycles. The molecule has 1 aromatic rings. The zero-order chi connectivity index (χ0) is 12.3. The molecule has 1 aliphatic rings. The summed E-state index contributed by atoms with van der Waals surface area (Å²) in [5.41, 5.74) is 9.42. The Morgan fingerprint density at radius 1 is 1.29 bits per heavy atom. The SMILES string of the molecule is Cc1cc([C@@H](N)CO)ccc1N1CCCCC1. The number of aliphatic hydroxyl groups excluding tert-OH is 1. The van der Waals surface area contributed by atoms with Crippen molar-refractivity contribution in [3.63, 3.8) is 0 Å². The maximum Gasteiger partial charge on any atom is 0.0624 e. The third kappa shape index (κ3) is 2.79. The highest BCUT2D eigenvalue weighted by molar-refractivity contribution is 5.55. The van der Waals surface area contributed by atoms with Crippen molar-refractivity contribution < 1.29 is 5.11 Å². The van der Waals surface area contributed by atoms with E-state index in [1.165, 1.54) is 30.5 Å². The molecule has 0 radical (unpaired) electrons. The van der Waals surface area contributed by atoms with Crippen LogP contribution in [0, 0.1) is 6.92 Å². The lowest BCUT2D eigenvalue weighted by Crippen LogP contribution is -2.30. The third-order valence-corrected chi connectivity index (χ3v) is 3.54. The van der Waals surface area contributed by atoms with E-state index in [1.54, 1.807) is 0 Å². The van der Waals surface area contributed by atoms with E-state index in [1.807, 2.05) is 6.07 Å². The lowest BCUT2D eigenvalue weighted by Gasteiger charge is -2.30. The number of anilines is 1. The number of piperidine rings is 1. The molecule has 94 valence electrons. The highest BCUT2D eigenvalue weighted by atomic mass is 16.3. The van der Waals surface area contributed by atoms with Crippen LogP contribution in [0.1, 0.15) is 36.4 Å². The number of rotatable bonds is 3. The Morgan fingerprint density at radius 2 is 2.00 bits per heavy atom. The van der Waals surface area contributed by atoms with Crippen molar-refractivity contribution in [2.75, 3.05) is 24.6 Å². The molecule has 1 saturated heterocycles. The molecule has 3 N–H and O–H groups in total. The van der Waals surface area contributed by atoms with Gasteiger partial charge in [0.15, 0.2) is 0 Å². The van der Waals surface area contributed by atoms with Crippen molar-refractivity contribution in [2.24, 2.45) is 5.73 Å². The van der Waals surface area contributed by atoms with Crippen molar-refractivity contribution in [1.29, 1.82) is 0 Å². The Balaban J connectivity index is 2.18. The Bertz CT molecular complexity index is 372. The number of aliphatic hydroxyl groups is 1. The minimum atomic E-state index is -0.260. The van der Waals surface area contributed by atoms with Gasteiger partial charge in [-0.25, -0.2) is 0 Å². The molecule has 3 heteroatoms. The van der Waals surface area contributed by atoms with Gasteiger partial charge in [-0.05, 0) is 43.4 Å². The van der Waals surface area contributed by atoms with Crippen LogP contribution in [0.4, 0.5) is 5.69 Å². The highest BCUT2D eigenvalue weighted by Crippen LogP contribution is 2.26. The van der Waals surface area contributed by atoms with E-state index < -0.39 is 0 Å². The van der Waals surface area contributed by atoms with Crippen molar-refractivity contribution in [3.05, 3.63) is 29.3 Å². The van der Waals surface area contributed by atoms with Gasteiger partial charge in [0.1, 0.15) is 0 Å². The number of nitrogens with zero attached hydrogens (tertiary/aromatic N) is 1. The van der Waals surface area contributed by atoms with Gasteiger partial charge < -0.3 is 15.7 Å². The number of nitrogens with two attached hydrogens (primary N) is 1. The molecule has 0 aliphatic carbocycles. The van der Waals surface area contributed by atoms with Gasteiger partial charge in [-0.2, -0.15) is 0 Å². The lowest BCUT2D eigenvalue weighted by molar-refractivity contribution is 0.268. The topological polar surface area (TPSA) is 49.5 Å². The fraction of sp³-hybridized carbons (Fsp3) is 0.571.